The molecule has 4 rings (SSSR count). The molecule has 2 N–H and O–H groups in total. The maximum absolute atomic E-state index is 13.2. The molecule has 0 radical (unpaired) electrons. The van der Waals surface area contributed by atoms with Gasteiger partial charge in [0, 0.05) is 48.4 Å². The van der Waals surface area contributed by atoms with Crippen molar-refractivity contribution in [1.82, 2.24) is 15.2 Å². The summed E-state index contributed by atoms with van der Waals surface area (Å²) in [4.78, 5) is 18.8. The Morgan fingerprint density at radius 1 is 1.16 bits per heavy atom. The van der Waals surface area contributed by atoms with Crippen LogP contribution in [0.5, 0.6) is 0 Å². The number of benzene rings is 2. The van der Waals surface area contributed by atoms with Crippen LogP contribution in [0.3, 0.4) is 0 Å². The Kier molecular flexibility index (Phi) is 6.37. The number of amides is 1. The third kappa shape index (κ3) is 4.88. The van der Waals surface area contributed by atoms with Gasteiger partial charge < -0.3 is 15.2 Å². The maximum Gasteiger partial charge on any atom is 0.270 e. The molecule has 0 saturated carbocycles. The number of carbonyl (C=O) groups is 1. The molecule has 32 heavy (non-hydrogen) atoms. The highest BCUT2D eigenvalue weighted by Crippen LogP contribution is 2.25. The summed E-state index contributed by atoms with van der Waals surface area (Å²) >= 11 is 0. The van der Waals surface area contributed by atoms with Gasteiger partial charge in [-0.05, 0) is 49.6 Å². The lowest BCUT2D eigenvalue weighted by Crippen LogP contribution is -2.42. The van der Waals surface area contributed by atoms with Crippen LogP contribution in [-0.2, 0) is 16.4 Å². The van der Waals surface area contributed by atoms with Crippen LogP contribution in [0.2, 0.25) is 0 Å². The van der Waals surface area contributed by atoms with Crippen LogP contribution in [-0.4, -0.2) is 43.1 Å². The largest absolute Gasteiger partial charge is 0.384 e. The molecule has 1 aliphatic rings. The summed E-state index contributed by atoms with van der Waals surface area (Å²) in [6, 6.07) is 16.9. The van der Waals surface area contributed by atoms with Crippen molar-refractivity contribution >= 4 is 26.6 Å². The summed E-state index contributed by atoms with van der Waals surface area (Å²) < 4.78 is 23.3. The van der Waals surface area contributed by atoms with Crippen LogP contribution in [0.15, 0.2) is 71.3 Å². The van der Waals surface area contributed by atoms with E-state index in [2.05, 4.69) is 16.4 Å². The van der Waals surface area contributed by atoms with E-state index in [4.69, 9.17) is 0 Å². The Bertz CT molecular complexity index is 1210. The zero-order chi connectivity index (χ0) is 22.7. The van der Waals surface area contributed by atoms with Crippen LogP contribution < -0.4 is 5.32 Å². The van der Waals surface area contributed by atoms with E-state index >= 15 is 0 Å². The lowest BCUT2D eigenvalue weighted by Gasteiger charge is -2.34. The number of allylic oxidation sites excluding steroid dienone is 1. The van der Waals surface area contributed by atoms with E-state index in [1.165, 1.54) is 6.26 Å². The second kappa shape index (κ2) is 9.20. The van der Waals surface area contributed by atoms with E-state index in [-0.39, 0.29) is 11.9 Å². The minimum Gasteiger partial charge on any atom is -0.384 e. The summed E-state index contributed by atoms with van der Waals surface area (Å²) in [5, 5.41) is 4.51. The molecule has 6 nitrogen and oxygen atoms in total. The van der Waals surface area contributed by atoms with Gasteiger partial charge in [0.25, 0.3) is 5.91 Å². The van der Waals surface area contributed by atoms with Crippen molar-refractivity contribution in [3.8, 4) is 0 Å². The average Bonchev–Trinajstić information content (AvgIpc) is 3.23. The monoisotopic (exact) mass is 451 g/mol. The predicted octanol–water partition coefficient (Wildman–Crippen LogP) is 4.26. The fraction of sp³-hybridized carbons (Fsp3) is 0.320. The van der Waals surface area contributed by atoms with Crippen molar-refractivity contribution in [3.05, 3.63) is 77.6 Å². The standard InChI is InChI=1S/C25H29N3O3S/c1-3-28(25(29)24-15-19-7-4-5-10-23(19)27-24)21-9-6-8-20(16-21)26-17-18-11-13-22(14-12-18)32(2,30)31/h4-5,7-8,10-15,21,26-27H,3,6,9,16-17H2,1-2H3/t21-/m0/s1. The maximum atomic E-state index is 13.2. The first kappa shape index (κ1) is 22.1. The van der Waals surface area contributed by atoms with E-state index in [1.807, 2.05) is 54.3 Å². The van der Waals surface area contributed by atoms with Gasteiger partial charge in [-0.15, -0.1) is 0 Å². The third-order valence-electron chi connectivity index (χ3n) is 6.02. The van der Waals surface area contributed by atoms with Gasteiger partial charge in [0.15, 0.2) is 9.84 Å². The number of rotatable bonds is 7. The SMILES string of the molecule is CCN(C(=O)c1cc2ccccc2[nH]1)[C@H]1CCC=C(NCc2ccc(S(C)(=O)=O)cc2)C1. The number of nitrogens with one attached hydrogen (secondary N) is 2. The minimum absolute atomic E-state index is 0.0336. The second-order valence-corrected chi connectivity index (χ2v) is 10.3. The van der Waals surface area contributed by atoms with Crippen molar-refractivity contribution in [2.24, 2.45) is 0 Å². The molecule has 3 aromatic rings. The first-order valence-electron chi connectivity index (χ1n) is 11.0. The molecule has 0 aliphatic heterocycles. The first-order chi connectivity index (χ1) is 15.3. The molecule has 0 fully saturated rings. The molecule has 0 spiro atoms. The number of aromatic nitrogens is 1. The minimum atomic E-state index is -3.19. The number of fused-ring (bicyclic) bond motifs is 1. The Labute approximate surface area is 189 Å². The molecule has 1 aromatic heterocycles. The zero-order valence-corrected chi connectivity index (χ0v) is 19.3. The van der Waals surface area contributed by atoms with Crippen molar-refractivity contribution in [1.29, 1.82) is 0 Å². The highest BCUT2D eigenvalue weighted by atomic mass is 32.2. The molecule has 7 heteroatoms. The lowest BCUT2D eigenvalue weighted by atomic mass is 9.96. The van der Waals surface area contributed by atoms with Crippen LogP contribution in [0.4, 0.5) is 0 Å². The quantitative estimate of drug-likeness (QED) is 0.562. The Morgan fingerprint density at radius 2 is 1.91 bits per heavy atom. The second-order valence-electron chi connectivity index (χ2n) is 8.30. The topological polar surface area (TPSA) is 82.3 Å². The molecule has 1 atom stereocenters. The Hall–Kier alpha value is -3.06. The summed E-state index contributed by atoms with van der Waals surface area (Å²) in [6.45, 7) is 3.29. The number of sulfone groups is 1. The number of H-pyrrole nitrogens is 1. The van der Waals surface area contributed by atoms with Crippen molar-refractivity contribution in [3.63, 3.8) is 0 Å². The molecule has 2 aromatic carbocycles. The van der Waals surface area contributed by atoms with E-state index < -0.39 is 9.84 Å². The number of para-hydroxylation sites is 1. The van der Waals surface area contributed by atoms with Gasteiger partial charge in [-0.3, -0.25) is 4.79 Å². The van der Waals surface area contributed by atoms with Crippen LogP contribution in [0, 0.1) is 0 Å². The first-order valence-corrected chi connectivity index (χ1v) is 12.8. The van der Waals surface area contributed by atoms with Gasteiger partial charge in [-0.25, -0.2) is 8.42 Å². The lowest BCUT2D eigenvalue weighted by molar-refractivity contribution is 0.0669. The smallest absolute Gasteiger partial charge is 0.270 e. The van der Waals surface area contributed by atoms with Crippen LogP contribution in [0.25, 0.3) is 10.9 Å². The van der Waals surface area contributed by atoms with E-state index in [1.54, 1.807) is 12.1 Å². The van der Waals surface area contributed by atoms with Gasteiger partial charge >= 0.3 is 0 Å². The average molecular weight is 452 g/mol. The van der Waals surface area contributed by atoms with Crippen LogP contribution >= 0.6 is 0 Å². The molecule has 168 valence electrons. The molecule has 0 unspecified atom stereocenters. The molecular formula is C25H29N3O3S. The van der Waals surface area contributed by atoms with Crippen molar-refractivity contribution in [2.75, 3.05) is 12.8 Å². The molecule has 1 amide bonds. The van der Waals surface area contributed by atoms with Crippen molar-refractivity contribution < 1.29 is 13.2 Å². The van der Waals surface area contributed by atoms with Gasteiger partial charge in [0.2, 0.25) is 0 Å². The Balaban J connectivity index is 1.40. The predicted molar refractivity (Wildman–Crippen MR) is 127 cm³/mol. The highest BCUT2D eigenvalue weighted by molar-refractivity contribution is 7.90. The van der Waals surface area contributed by atoms with Crippen LogP contribution in [0.1, 0.15) is 42.2 Å². The molecular weight excluding hydrogens is 422 g/mol. The molecule has 0 saturated heterocycles. The summed E-state index contributed by atoms with van der Waals surface area (Å²) in [5.41, 5.74) is 3.74. The number of nitrogens with zero attached hydrogens (tertiary/aromatic N) is 1. The third-order valence-corrected chi connectivity index (χ3v) is 7.15. The number of hydrogen-bond donors (Lipinski definition) is 2. The van der Waals surface area contributed by atoms with Gasteiger partial charge in [-0.1, -0.05) is 36.4 Å². The molecule has 1 heterocycles. The Morgan fingerprint density at radius 3 is 2.59 bits per heavy atom. The zero-order valence-electron chi connectivity index (χ0n) is 18.5. The number of hydrogen-bond acceptors (Lipinski definition) is 4. The van der Waals surface area contributed by atoms with Gasteiger partial charge in [0.05, 0.1) is 4.90 Å². The summed E-state index contributed by atoms with van der Waals surface area (Å²) in [6.07, 6.45) is 6.04. The van der Waals surface area contributed by atoms with Gasteiger partial charge in [0.1, 0.15) is 5.69 Å². The highest BCUT2D eigenvalue weighted by Gasteiger charge is 2.27. The molecule has 1 aliphatic carbocycles. The number of carbonyl (C=O) groups excluding carboxylic acids is 1. The fourth-order valence-corrected chi connectivity index (χ4v) is 4.91. The van der Waals surface area contributed by atoms with E-state index in [0.717, 1.165) is 41.4 Å². The normalized spacial score (nSPS) is 16.6. The van der Waals surface area contributed by atoms with Gasteiger partial charge in [-0.2, -0.15) is 0 Å². The number of aromatic amines is 1. The molecule has 0 bridgehead atoms. The fourth-order valence-electron chi connectivity index (χ4n) is 4.28. The summed E-state index contributed by atoms with van der Waals surface area (Å²) in [5.74, 6) is 0.0336. The summed E-state index contributed by atoms with van der Waals surface area (Å²) in [7, 11) is -3.19. The van der Waals surface area contributed by atoms with E-state index in [0.29, 0.717) is 23.7 Å². The van der Waals surface area contributed by atoms with Crippen molar-refractivity contribution in [2.45, 2.75) is 43.7 Å². The van der Waals surface area contributed by atoms with E-state index in [9.17, 15) is 13.2 Å².